The van der Waals surface area contributed by atoms with Crippen molar-refractivity contribution >= 4 is 11.9 Å². The number of carboxylic acids is 2. The maximum absolute atomic E-state index is 12.4. The fraction of sp³-hybridized carbons (Fsp3) is 0.900. The van der Waals surface area contributed by atoms with Gasteiger partial charge in [0.05, 0.1) is 10.8 Å². The van der Waals surface area contributed by atoms with Crippen molar-refractivity contribution in [2.75, 3.05) is 0 Å². The molecule has 0 atom stereocenters. The first-order chi connectivity index (χ1) is 11.4. The van der Waals surface area contributed by atoms with Crippen LogP contribution < -0.4 is 12.3 Å². The normalized spacial score (nSPS) is 11.4. The number of carbonyl (C=O) groups is 2. The molecule has 0 aliphatic rings. The summed E-state index contributed by atoms with van der Waals surface area (Å²) in [5.41, 5.74) is -2.29. The van der Waals surface area contributed by atoms with Gasteiger partial charge in [0.15, 0.2) is 0 Å². The second-order valence-electron chi connectivity index (χ2n) is 7.19. The van der Waals surface area contributed by atoms with Crippen LogP contribution >= 0.6 is 0 Å². The molecule has 0 unspecified atom stereocenters. The van der Waals surface area contributed by atoms with Crippen molar-refractivity contribution in [2.24, 2.45) is 10.8 Å². The van der Waals surface area contributed by atoms with Gasteiger partial charge in [-0.15, -0.1) is 0 Å². The predicted molar refractivity (Wildman–Crippen MR) is 108 cm³/mol. The average molecular weight is 377 g/mol. The molecule has 0 saturated carbocycles. The van der Waals surface area contributed by atoms with E-state index < -0.39 is 22.8 Å². The highest BCUT2D eigenvalue weighted by atomic mass is 16.4. The molecular formula is C20H44N2O4. The van der Waals surface area contributed by atoms with Gasteiger partial charge < -0.3 is 22.5 Å². The van der Waals surface area contributed by atoms with Crippen LogP contribution in [0.15, 0.2) is 0 Å². The third-order valence-electron chi connectivity index (χ3n) is 5.56. The van der Waals surface area contributed by atoms with E-state index in [-0.39, 0.29) is 12.3 Å². The Labute approximate surface area is 160 Å². The molecular weight excluding hydrogens is 332 g/mol. The zero-order chi connectivity index (χ0) is 18.6. The van der Waals surface area contributed by atoms with Crippen molar-refractivity contribution in [3.05, 3.63) is 0 Å². The molecule has 0 aromatic carbocycles. The van der Waals surface area contributed by atoms with Gasteiger partial charge in [-0.05, 0) is 25.7 Å². The minimum absolute atomic E-state index is 0. The Bertz CT molecular complexity index is 334. The molecule has 0 aliphatic heterocycles. The van der Waals surface area contributed by atoms with E-state index in [1.54, 1.807) is 0 Å². The van der Waals surface area contributed by atoms with Crippen molar-refractivity contribution in [3.63, 3.8) is 0 Å². The first-order valence-corrected chi connectivity index (χ1v) is 9.85. The number of hydrogen-bond acceptors (Lipinski definition) is 4. The van der Waals surface area contributed by atoms with E-state index in [0.717, 1.165) is 51.4 Å². The van der Waals surface area contributed by atoms with Gasteiger partial charge in [-0.25, -0.2) is 0 Å². The van der Waals surface area contributed by atoms with Crippen LogP contribution in [0.1, 0.15) is 105 Å². The van der Waals surface area contributed by atoms with Gasteiger partial charge in [-0.2, -0.15) is 0 Å². The van der Waals surface area contributed by atoms with E-state index in [9.17, 15) is 19.8 Å². The average Bonchev–Trinajstić information content (AvgIpc) is 2.55. The number of rotatable bonds is 15. The molecule has 0 aromatic rings. The van der Waals surface area contributed by atoms with Crippen LogP contribution in [0.25, 0.3) is 0 Å². The van der Waals surface area contributed by atoms with Crippen LogP contribution in [-0.4, -0.2) is 22.2 Å². The lowest BCUT2D eigenvalue weighted by atomic mass is 9.55. The van der Waals surface area contributed by atoms with Gasteiger partial charge in [0, 0.05) is 0 Å². The van der Waals surface area contributed by atoms with E-state index in [1.807, 2.05) is 27.7 Å². The van der Waals surface area contributed by atoms with Crippen molar-refractivity contribution in [1.29, 1.82) is 0 Å². The summed E-state index contributed by atoms with van der Waals surface area (Å²) in [6.07, 6.45) is 8.50. The van der Waals surface area contributed by atoms with Gasteiger partial charge in [-0.3, -0.25) is 9.59 Å². The molecule has 0 rings (SSSR count). The molecule has 6 nitrogen and oxygen atoms in total. The van der Waals surface area contributed by atoms with Gasteiger partial charge in [0.25, 0.3) is 0 Å². The lowest BCUT2D eigenvalue weighted by Gasteiger charge is -2.46. The molecule has 8 N–H and O–H groups in total. The van der Waals surface area contributed by atoms with Gasteiger partial charge >= 0.3 is 11.9 Å². The van der Waals surface area contributed by atoms with Crippen molar-refractivity contribution in [3.8, 4) is 0 Å². The van der Waals surface area contributed by atoms with Gasteiger partial charge in [0.1, 0.15) is 0 Å². The topological polar surface area (TPSA) is 145 Å². The van der Waals surface area contributed by atoms with E-state index in [1.165, 1.54) is 0 Å². The minimum atomic E-state index is -1.14. The molecule has 0 saturated heterocycles. The van der Waals surface area contributed by atoms with Crippen molar-refractivity contribution in [1.82, 2.24) is 12.3 Å². The van der Waals surface area contributed by atoms with E-state index in [4.69, 9.17) is 0 Å². The Hall–Kier alpha value is -1.14. The molecule has 0 spiro atoms. The highest BCUT2D eigenvalue weighted by Gasteiger charge is 2.59. The van der Waals surface area contributed by atoms with E-state index in [0.29, 0.717) is 25.7 Å². The van der Waals surface area contributed by atoms with Gasteiger partial charge in [-0.1, -0.05) is 79.1 Å². The Balaban J connectivity index is -0.00000264. The second kappa shape index (κ2) is 15.0. The molecule has 0 aliphatic carbocycles. The molecule has 158 valence electrons. The zero-order valence-corrected chi connectivity index (χ0v) is 17.6. The number of hydrogen-bond donors (Lipinski definition) is 4. The zero-order valence-electron chi connectivity index (χ0n) is 17.6. The van der Waals surface area contributed by atoms with E-state index >= 15 is 0 Å². The molecule has 0 radical (unpaired) electrons. The smallest absolute Gasteiger partial charge is 0.310 e. The second-order valence-corrected chi connectivity index (χ2v) is 7.19. The Morgan fingerprint density at radius 2 is 0.769 bits per heavy atom. The summed E-state index contributed by atoms with van der Waals surface area (Å²) in [6, 6.07) is 0. The summed E-state index contributed by atoms with van der Waals surface area (Å²) in [5.74, 6) is -1.81. The van der Waals surface area contributed by atoms with Crippen LogP contribution in [0.2, 0.25) is 0 Å². The molecule has 0 aromatic heterocycles. The fourth-order valence-electron chi connectivity index (χ4n) is 3.96. The van der Waals surface area contributed by atoms with E-state index in [2.05, 4.69) is 0 Å². The summed E-state index contributed by atoms with van der Waals surface area (Å²) in [6.45, 7) is 8.14. The highest BCUT2D eigenvalue weighted by molar-refractivity contribution is 5.86. The van der Waals surface area contributed by atoms with Crippen LogP contribution in [0.3, 0.4) is 0 Å². The van der Waals surface area contributed by atoms with Crippen LogP contribution in [-0.2, 0) is 9.59 Å². The van der Waals surface area contributed by atoms with Crippen LogP contribution in [0.4, 0.5) is 0 Å². The maximum atomic E-state index is 12.4. The minimum Gasteiger partial charge on any atom is -0.481 e. The molecule has 0 fully saturated rings. The number of carboxylic acid groups (broad SMARTS) is 2. The lowest BCUT2D eigenvalue weighted by Crippen LogP contribution is -2.53. The largest absolute Gasteiger partial charge is 0.481 e. The molecule has 0 bridgehead atoms. The first-order valence-electron chi connectivity index (χ1n) is 9.85. The summed E-state index contributed by atoms with van der Waals surface area (Å²) >= 11 is 0. The summed E-state index contributed by atoms with van der Waals surface area (Å²) in [7, 11) is 0. The molecule has 0 heterocycles. The quantitative estimate of drug-likeness (QED) is 0.267. The maximum Gasteiger partial charge on any atom is 0.310 e. The Morgan fingerprint density at radius 1 is 0.577 bits per heavy atom. The number of unbranched alkanes of at least 4 members (excludes halogenated alkanes) is 4. The Kier molecular flexibility index (Phi) is 17.1. The molecule has 26 heavy (non-hydrogen) atoms. The third kappa shape index (κ3) is 6.88. The first kappa shape index (κ1) is 29.6. The summed E-state index contributed by atoms with van der Waals surface area (Å²) < 4.78 is 0. The standard InChI is InChI=1S/C20H38O4.2H3N/c1-5-9-13-19(17(21)22,14-10-6-2)20(18(23)24,15-11-7-3)16-12-8-4;;/h5-16H2,1-4H3,(H,21,22)(H,23,24);2*1H3. The fourth-order valence-corrected chi connectivity index (χ4v) is 3.96. The summed E-state index contributed by atoms with van der Waals surface area (Å²) in [4.78, 5) is 24.9. The molecule has 0 amide bonds. The van der Waals surface area contributed by atoms with Crippen molar-refractivity contribution in [2.45, 2.75) is 105 Å². The summed E-state index contributed by atoms with van der Waals surface area (Å²) in [5, 5.41) is 20.4. The predicted octanol–water partition coefficient (Wildman–Crippen LogP) is 6.21. The Morgan fingerprint density at radius 3 is 0.885 bits per heavy atom. The van der Waals surface area contributed by atoms with Crippen molar-refractivity contribution < 1.29 is 19.8 Å². The van der Waals surface area contributed by atoms with Crippen LogP contribution in [0.5, 0.6) is 0 Å². The van der Waals surface area contributed by atoms with Gasteiger partial charge in [0.2, 0.25) is 0 Å². The van der Waals surface area contributed by atoms with Crippen LogP contribution in [0, 0.1) is 10.8 Å². The molecule has 6 heteroatoms. The lowest BCUT2D eigenvalue weighted by molar-refractivity contribution is -0.179. The third-order valence-corrected chi connectivity index (χ3v) is 5.56. The monoisotopic (exact) mass is 376 g/mol. The highest BCUT2D eigenvalue weighted by Crippen LogP contribution is 2.54. The number of aliphatic carboxylic acids is 2. The SMILES string of the molecule is CCCCC(CCCC)(C(=O)O)C(CCCC)(CCCC)C(=O)O.N.N.